The van der Waals surface area contributed by atoms with Crippen molar-refractivity contribution in [2.24, 2.45) is 0 Å². The van der Waals surface area contributed by atoms with Gasteiger partial charge in [0.1, 0.15) is 0 Å². The van der Waals surface area contributed by atoms with Crippen LogP contribution >= 0.6 is 0 Å². The molecule has 0 spiro atoms. The van der Waals surface area contributed by atoms with E-state index in [1.165, 1.54) is 25.7 Å². The van der Waals surface area contributed by atoms with Crippen molar-refractivity contribution in [3.8, 4) is 0 Å². The Labute approximate surface area is 157 Å². The molecule has 144 valence electrons. The minimum atomic E-state index is -0.127. The summed E-state index contributed by atoms with van der Waals surface area (Å²) in [5.41, 5.74) is 1.74. The van der Waals surface area contributed by atoms with Gasteiger partial charge in [0.2, 0.25) is 5.91 Å². The van der Waals surface area contributed by atoms with Gasteiger partial charge in [0.05, 0.1) is 0 Å². The van der Waals surface area contributed by atoms with Crippen LogP contribution in [0.1, 0.15) is 68.6 Å². The third kappa shape index (κ3) is 6.70. The van der Waals surface area contributed by atoms with Gasteiger partial charge in [0.25, 0.3) is 5.91 Å². The summed E-state index contributed by atoms with van der Waals surface area (Å²) in [6.07, 6.45) is 8.49. The molecule has 0 unspecified atom stereocenters. The van der Waals surface area contributed by atoms with Gasteiger partial charge in [-0.2, -0.15) is 0 Å². The number of unbranched alkanes of at least 4 members (excludes halogenated alkanes) is 1. The smallest absolute Gasteiger partial charge is 0.251 e. The lowest BCUT2D eigenvalue weighted by Crippen LogP contribution is -2.38. The molecular weight excluding hydrogens is 326 g/mol. The molecule has 5 nitrogen and oxygen atoms in total. The molecule has 0 aliphatic heterocycles. The predicted octanol–water partition coefficient (Wildman–Crippen LogP) is 3.49. The minimum absolute atomic E-state index is 0.0325. The summed E-state index contributed by atoms with van der Waals surface area (Å²) in [7, 11) is 2.07. The van der Waals surface area contributed by atoms with E-state index in [4.69, 9.17) is 0 Å². The number of benzene rings is 1. The highest BCUT2D eigenvalue weighted by molar-refractivity contribution is 5.94. The highest BCUT2D eigenvalue weighted by Gasteiger charge is 2.15. The number of nitrogens with one attached hydrogen (secondary N) is 2. The Kier molecular flexibility index (Phi) is 8.45. The Bertz CT molecular complexity index is 565. The molecule has 26 heavy (non-hydrogen) atoms. The molecular formula is C21H33N3O2. The van der Waals surface area contributed by atoms with Gasteiger partial charge in [-0.25, -0.2) is 0 Å². The van der Waals surface area contributed by atoms with Crippen LogP contribution in [0.15, 0.2) is 24.3 Å². The van der Waals surface area contributed by atoms with E-state index in [9.17, 15) is 9.59 Å². The first-order chi connectivity index (χ1) is 12.6. The molecule has 0 radical (unpaired) electrons. The Morgan fingerprint density at radius 3 is 2.46 bits per heavy atom. The van der Waals surface area contributed by atoms with Crippen LogP contribution in [-0.2, 0) is 4.79 Å². The highest BCUT2D eigenvalue weighted by Crippen LogP contribution is 2.17. The monoisotopic (exact) mass is 359 g/mol. The summed E-state index contributed by atoms with van der Waals surface area (Å²) in [4.78, 5) is 26.4. The van der Waals surface area contributed by atoms with Gasteiger partial charge in [0, 0.05) is 43.9 Å². The van der Waals surface area contributed by atoms with Crippen LogP contribution in [0.4, 0.5) is 5.69 Å². The number of carbonyl (C=O) groups is 2. The van der Waals surface area contributed by atoms with Crippen molar-refractivity contribution in [1.82, 2.24) is 10.6 Å². The third-order valence-electron chi connectivity index (χ3n) is 5.03. The van der Waals surface area contributed by atoms with E-state index in [-0.39, 0.29) is 11.8 Å². The number of hydrogen-bond donors (Lipinski definition) is 2. The molecule has 2 amide bonds. The molecule has 2 N–H and O–H groups in total. The molecule has 1 aliphatic carbocycles. The summed E-state index contributed by atoms with van der Waals surface area (Å²) >= 11 is 0. The fourth-order valence-corrected chi connectivity index (χ4v) is 3.33. The van der Waals surface area contributed by atoms with Crippen molar-refractivity contribution < 1.29 is 9.59 Å². The van der Waals surface area contributed by atoms with Gasteiger partial charge in [0.15, 0.2) is 0 Å². The molecule has 0 saturated heterocycles. The zero-order chi connectivity index (χ0) is 18.8. The Morgan fingerprint density at radius 1 is 1.12 bits per heavy atom. The zero-order valence-corrected chi connectivity index (χ0v) is 16.2. The van der Waals surface area contributed by atoms with Crippen LogP contribution in [0.2, 0.25) is 0 Å². The zero-order valence-electron chi connectivity index (χ0n) is 16.2. The van der Waals surface area contributed by atoms with E-state index in [0.29, 0.717) is 24.6 Å². The molecule has 1 aromatic rings. The van der Waals surface area contributed by atoms with Crippen molar-refractivity contribution in [1.29, 1.82) is 0 Å². The second-order valence-electron chi connectivity index (χ2n) is 7.23. The summed E-state index contributed by atoms with van der Waals surface area (Å²) < 4.78 is 0. The van der Waals surface area contributed by atoms with Crippen molar-refractivity contribution in [2.45, 2.75) is 64.3 Å². The van der Waals surface area contributed by atoms with Gasteiger partial charge in [-0.15, -0.1) is 0 Å². The highest BCUT2D eigenvalue weighted by atomic mass is 16.2. The van der Waals surface area contributed by atoms with E-state index in [0.717, 1.165) is 31.5 Å². The first-order valence-corrected chi connectivity index (χ1v) is 9.99. The van der Waals surface area contributed by atoms with E-state index < -0.39 is 0 Å². The number of hydrogen-bond acceptors (Lipinski definition) is 3. The quantitative estimate of drug-likeness (QED) is 0.709. The molecule has 1 aliphatic rings. The normalized spacial score (nSPS) is 14.7. The number of anilines is 1. The van der Waals surface area contributed by atoms with Crippen LogP contribution in [0, 0.1) is 0 Å². The van der Waals surface area contributed by atoms with Crippen LogP contribution in [-0.4, -0.2) is 38.0 Å². The molecule has 0 bridgehead atoms. The van der Waals surface area contributed by atoms with Crippen molar-refractivity contribution in [2.75, 3.05) is 25.0 Å². The van der Waals surface area contributed by atoms with Crippen molar-refractivity contribution in [3.63, 3.8) is 0 Å². The average Bonchev–Trinajstić information content (AvgIpc) is 2.67. The Balaban J connectivity index is 1.70. The average molecular weight is 360 g/mol. The lowest BCUT2D eigenvalue weighted by molar-refractivity contribution is -0.121. The van der Waals surface area contributed by atoms with Gasteiger partial charge in [-0.1, -0.05) is 32.6 Å². The van der Waals surface area contributed by atoms with Crippen LogP contribution in [0.25, 0.3) is 0 Å². The molecule has 0 atom stereocenters. The Morgan fingerprint density at radius 2 is 1.81 bits per heavy atom. The van der Waals surface area contributed by atoms with Gasteiger partial charge < -0.3 is 15.5 Å². The van der Waals surface area contributed by atoms with E-state index in [2.05, 4.69) is 29.5 Å². The fourth-order valence-electron chi connectivity index (χ4n) is 3.33. The van der Waals surface area contributed by atoms with Gasteiger partial charge in [-0.05, 0) is 43.5 Å². The van der Waals surface area contributed by atoms with Crippen LogP contribution in [0.5, 0.6) is 0 Å². The van der Waals surface area contributed by atoms with Crippen molar-refractivity contribution in [3.05, 3.63) is 29.8 Å². The summed E-state index contributed by atoms with van der Waals surface area (Å²) in [5.74, 6) is -0.0941. The number of nitrogens with zero attached hydrogens (tertiary/aromatic N) is 1. The van der Waals surface area contributed by atoms with Gasteiger partial charge in [-0.3, -0.25) is 9.59 Å². The number of rotatable bonds is 9. The van der Waals surface area contributed by atoms with Crippen molar-refractivity contribution >= 4 is 17.5 Å². The fraction of sp³-hybridized carbons (Fsp3) is 0.619. The maximum Gasteiger partial charge on any atom is 0.251 e. The summed E-state index contributed by atoms with van der Waals surface area (Å²) in [5, 5.41) is 5.91. The third-order valence-corrected chi connectivity index (χ3v) is 5.03. The first-order valence-electron chi connectivity index (χ1n) is 9.99. The lowest BCUT2D eigenvalue weighted by atomic mass is 9.95. The number of carbonyl (C=O) groups excluding carboxylic acids is 2. The SMILES string of the molecule is CCCCN(C)c1ccc(C(=O)NCCC(=O)NC2CCCCC2)cc1. The largest absolute Gasteiger partial charge is 0.375 e. The Hall–Kier alpha value is -2.04. The lowest BCUT2D eigenvalue weighted by Gasteiger charge is -2.22. The molecule has 0 heterocycles. The first kappa shape index (κ1) is 20.3. The molecule has 5 heteroatoms. The standard InChI is InChI=1S/C21H33N3O2/c1-3-4-16-24(2)19-12-10-17(11-13-19)21(26)22-15-14-20(25)23-18-8-6-5-7-9-18/h10-13,18H,3-9,14-16H2,1-2H3,(H,22,26)(H,23,25). The maximum atomic E-state index is 12.2. The summed E-state index contributed by atoms with van der Waals surface area (Å²) in [6.45, 7) is 3.56. The maximum absolute atomic E-state index is 12.2. The second kappa shape index (κ2) is 10.8. The molecule has 1 fully saturated rings. The molecule has 1 saturated carbocycles. The van der Waals surface area contributed by atoms with E-state index in [1.54, 1.807) is 0 Å². The van der Waals surface area contributed by atoms with Gasteiger partial charge >= 0.3 is 0 Å². The second-order valence-corrected chi connectivity index (χ2v) is 7.23. The topological polar surface area (TPSA) is 61.4 Å². The molecule has 1 aromatic carbocycles. The predicted molar refractivity (Wildman–Crippen MR) is 107 cm³/mol. The molecule has 0 aromatic heterocycles. The van der Waals surface area contributed by atoms with E-state index in [1.807, 2.05) is 24.3 Å². The molecule has 2 rings (SSSR count). The minimum Gasteiger partial charge on any atom is -0.375 e. The van der Waals surface area contributed by atoms with Crippen LogP contribution < -0.4 is 15.5 Å². The number of amides is 2. The summed E-state index contributed by atoms with van der Waals surface area (Å²) in [6, 6.07) is 7.95. The van der Waals surface area contributed by atoms with E-state index >= 15 is 0 Å². The van der Waals surface area contributed by atoms with Crippen LogP contribution in [0.3, 0.4) is 0 Å².